The number of carbonyl (C=O) groups is 1. The van der Waals surface area contributed by atoms with Crippen LogP contribution in [-0.2, 0) is 4.79 Å². The highest BCUT2D eigenvalue weighted by atomic mass is 19.2. The Hall–Kier alpha value is -1.49. The highest BCUT2D eigenvalue weighted by Crippen LogP contribution is 2.17. The minimum atomic E-state index is -0.914. The molecule has 1 rings (SSSR count). The van der Waals surface area contributed by atoms with Crippen LogP contribution < -0.4 is 11.1 Å². The second-order valence-electron chi connectivity index (χ2n) is 4.63. The number of nitrogens with one attached hydrogen (secondary N) is 1. The van der Waals surface area contributed by atoms with Crippen molar-refractivity contribution >= 4 is 5.91 Å². The molecule has 0 heterocycles. The Morgan fingerprint density at radius 1 is 1.37 bits per heavy atom. The van der Waals surface area contributed by atoms with Gasteiger partial charge in [-0.15, -0.1) is 0 Å². The lowest BCUT2D eigenvalue weighted by atomic mass is 10.0. The molecule has 2 atom stereocenters. The molecule has 0 saturated carbocycles. The first-order valence-electron chi connectivity index (χ1n) is 6.45. The molecular formula is C14H20F2N2O. The van der Waals surface area contributed by atoms with Gasteiger partial charge in [-0.2, -0.15) is 0 Å². The van der Waals surface area contributed by atoms with E-state index in [9.17, 15) is 13.6 Å². The third-order valence-corrected chi connectivity index (χ3v) is 3.09. The average molecular weight is 270 g/mol. The van der Waals surface area contributed by atoms with E-state index in [2.05, 4.69) is 5.32 Å². The van der Waals surface area contributed by atoms with E-state index in [1.165, 1.54) is 6.07 Å². The molecule has 106 valence electrons. The Bertz CT molecular complexity index is 437. The van der Waals surface area contributed by atoms with Gasteiger partial charge < -0.3 is 11.1 Å². The van der Waals surface area contributed by atoms with Crippen molar-refractivity contribution in [3.63, 3.8) is 0 Å². The van der Waals surface area contributed by atoms with Crippen molar-refractivity contribution in [3.8, 4) is 0 Å². The number of hydrogen-bond donors (Lipinski definition) is 2. The number of amides is 1. The van der Waals surface area contributed by atoms with Crippen molar-refractivity contribution < 1.29 is 13.6 Å². The fraction of sp³-hybridized carbons (Fsp3) is 0.500. The summed E-state index contributed by atoms with van der Waals surface area (Å²) in [7, 11) is 0. The summed E-state index contributed by atoms with van der Waals surface area (Å²) in [5.74, 6) is -2.20. The molecule has 0 aliphatic rings. The first kappa shape index (κ1) is 15.6. The zero-order valence-electron chi connectivity index (χ0n) is 11.2. The molecule has 0 aliphatic heterocycles. The van der Waals surface area contributed by atoms with Gasteiger partial charge in [0.25, 0.3) is 0 Å². The summed E-state index contributed by atoms with van der Waals surface area (Å²) in [6, 6.07) is 3.23. The van der Waals surface area contributed by atoms with Crippen molar-refractivity contribution in [3.05, 3.63) is 35.4 Å². The van der Waals surface area contributed by atoms with Gasteiger partial charge >= 0.3 is 0 Å². The topological polar surface area (TPSA) is 55.1 Å². The molecule has 1 aromatic carbocycles. The molecule has 2 unspecified atom stereocenters. The highest BCUT2D eigenvalue weighted by Gasteiger charge is 2.18. The Balaban J connectivity index is 2.70. The summed E-state index contributed by atoms with van der Waals surface area (Å²) in [4.78, 5) is 11.9. The monoisotopic (exact) mass is 270 g/mol. The predicted octanol–water partition coefficient (Wildman–Crippen LogP) is 2.52. The molecule has 5 heteroatoms. The van der Waals surface area contributed by atoms with Gasteiger partial charge in [0.1, 0.15) is 0 Å². The molecule has 3 N–H and O–H groups in total. The van der Waals surface area contributed by atoms with E-state index in [1.807, 2.05) is 6.92 Å². The Kier molecular flexibility index (Phi) is 5.89. The Morgan fingerprint density at radius 3 is 2.58 bits per heavy atom. The van der Waals surface area contributed by atoms with Crippen LogP contribution in [-0.4, -0.2) is 12.5 Å². The minimum absolute atomic E-state index is 0.151. The van der Waals surface area contributed by atoms with Crippen LogP contribution in [0.3, 0.4) is 0 Å². The number of nitrogens with two attached hydrogens (primary N) is 1. The molecule has 19 heavy (non-hydrogen) atoms. The van der Waals surface area contributed by atoms with Crippen molar-refractivity contribution in [2.45, 2.75) is 32.7 Å². The normalized spacial score (nSPS) is 13.9. The van der Waals surface area contributed by atoms with Crippen LogP contribution in [0, 0.1) is 17.6 Å². The summed E-state index contributed by atoms with van der Waals surface area (Å²) >= 11 is 0. The molecule has 0 spiro atoms. The van der Waals surface area contributed by atoms with Crippen LogP contribution in [0.2, 0.25) is 0 Å². The van der Waals surface area contributed by atoms with Gasteiger partial charge in [0.15, 0.2) is 11.6 Å². The molecule has 0 aliphatic carbocycles. The maximum atomic E-state index is 13.1. The summed E-state index contributed by atoms with van der Waals surface area (Å²) in [6.45, 7) is 3.99. The van der Waals surface area contributed by atoms with Gasteiger partial charge in [0.05, 0.1) is 12.0 Å². The molecule has 1 amide bonds. The average Bonchev–Trinajstić information content (AvgIpc) is 2.38. The zero-order chi connectivity index (χ0) is 14.4. The zero-order valence-corrected chi connectivity index (χ0v) is 11.2. The van der Waals surface area contributed by atoms with E-state index in [1.54, 1.807) is 6.92 Å². The molecule has 1 aromatic rings. The van der Waals surface area contributed by atoms with Crippen LogP contribution in [0.1, 0.15) is 38.3 Å². The molecule has 0 aromatic heterocycles. The van der Waals surface area contributed by atoms with E-state index in [-0.39, 0.29) is 24.4 Å². The third-order valence-electron chi connectivity index (χ3n) is 3.09. The van der Waals surface area contributed by atoms with Crippen molar-refractivity contribution in [1.29, 1.82) is 0 Å². The van der Waals surface area contributed by atoms with Crippen molar-refractivity contribution in [2.75, 3.05) is 6.54 Å². The van der Waals surface area contributed by atoms with Gasteiger partial charge in [-0.25, -0.2) is 8.78 Å². The lowest BCUT2D eigenvalue weighted by Gasteiger charge is -2.19. The van der Waals surface area contributed by atoms with E-state index in [4.69, 9.17) is 5.73 Å². The summed E-state index contributed by atoms with van der Waals surface area (Å²) in [5.41, 5.74) is 6.08. The van der Waals surface area contributed by atoms with Crippen LogP contribution in [0.25, 0.3) is 0 Å². The molecular weight excluding hydrogens is 250 g/mol. The fourth-order valence-corrected chi connectivity index (χ4v) is 1.90. The van der Waals surface area contributed by atoms with E-state index in [0.29, 0.717) is 12.0 Å². The second kappa shape index (κ2) is 7.19. The van der Waals surface area contributed by atoms with Crippen LogP contribution in [0.5, 0.6) is 0 Å². The fourth-order valence-electron chi connectivity index (χ4n) is 1.90. The number of benzene rings is 1. The minimum Gasteiger partial charge on any atom is -0.349 e. The number of rotatable bonds is 6. The van der Waals surface area contributed by atoms with Crippen molar-refractivity contribution in [1.82, 2.24) is 5.32 Å². The second-order valence-corrected chi connectivity index (χ2v) is 4.63. The van der Waals surface area contributed by atoms with E-state index in [0.717, 1.165) is 18.6 Å². The molecule has 0 saturated heterocycles. The quantitative estimate of drug-likeness (QED) is 0.834. The van der Waals surface area contributed by atoms with Gasteiger partial charge in [0, 0.05) is 6.54 Å². The lowest BCUT2D eigenvalue weighted by molar-refractivity contribution is -0.125. The van der Waals surface area contributed by atoms with Crippen molar-refractivity contribution in [2.24, 2.45) is 11.7 Å². The number of carbonyl (C=O) groups excluding carboxylic acids is 1. The molecule has 0 fully saturated rings. The largest absolute Gasteiger partial charge is 0.349 e. The SMILES string of the molecule is CCCC(CN)C(=O)NC(C)c1ccc(F)c(F)c1. The van der Waals surface area contributed by atoms with Crippen LogP contribution in [0.15, 0.2) is 18.2 Å². The van der Waals surface area contributed by atoms with Crippen LogP contribution in [0.4, 0.5) is 8.78 Å². The predicted molar refractivity (Wildman–Crippen MR) is 70.4 cm³/mol. The van der Waals surface area contributed by atoms with Gasteiger partial charge in [0.2, 0.25) is 5.91 Å². The summed E-state index contributed by atoms with van der Waals surface area (Å²) < 4.78 is 25.9. The van der Waals surface area contributed by atoms with Crippen LogP contribution >= 0.6 is 0 Å². The Morgan fingerprint density at radius 2 is 2.05 bits per heavy atom. The van der Waals surface area contributed by atoms with Gasteiger partial charge in [-0.3, -0.25) is 4.79 Å². The first-order chi connectivity index (χ1) is 8.99. The standard InChI is InChI=1S/C14H20F2N2O/c1-3-4-11(8-17)14(19)18-9(2)10-5-6-12(15)13(16)7-10/h5-7,9,11H,3-4,8,17H2,1-2H3,(H,18,19). The number of halogens is 2. The smallest absolute Gasteiger partial charge is 0.224 e. The lowest BCUT2D eigenvalue weighted by Crippen LogP contribution is -2.36. The number of hydrogen-bond acceptors (Lipinski definition) is 2. The van der Waals surface area contributed by atoms with E-state index < -0.39 is 11.6 Å². The Labute approximate surface area is 112 Å². The maximum Gasteiger partial charge on any atom is 0.224 e. The first-order valence-corrected chi connectivity index (χ1v) is 6.45. The van der Waals surface area contributed by atoms with Gasteiger partial charge in [-0.05, 0) is 31.0 Å². The third kappa shape index (κ3) is 4.28. The molecule has 0 radical (unpaired) electrons. The summed E-state index contributed by atoms with van der Waals surface area (Å²) in [5, 5.41) is 2.77. The maximum absolute atomic E-state index is 13.1. The highest BCUT2D eigenvalue weighted by molar-refractivity contribution is 5.79. The molecule has 3 nitrogen and oxygen atoms in total. The van der Waals surface area contributed by atoms with E-state index >= 15 is 0 Å². The van der Waals surface area contributed by atoms with Gasteiger partial charge in [-0.1, -0.05) is 19.4 Å². The summed E-state index contributed by atoms with van der Waals surface area (Å²) in [6.07, 6.45) is 1.58. The molecule has 0 bridgehead atoms.